The molecule has 0 fully saturated rings. The van der Waals surface area contributed by atoms with Gasteiger partial charge in [-0.05, 0) is 88.9 Å². The first kappa shape index (κ1) is 47.7. The van der Waals surface area contributed by atoms with Crippen molar-refractivity contribution in [2.75, 3.05) is 7.05 Å². The van der Waals surface area contributed by atoms with Crippen LogP contribution in [0.25, 0.3) is 0 Å². The summed E-state index contributed by atoms with van der Waals surface area (Å²) in [5.74, 6) is -1.85. The van der Waals surface area contributed by atoms with E-state index in [4.69, 9.17) is 25.1 Å². The largest absolute Gasteiger partial charge is 0.508 e. The normalized spacial score (nSPS) is 13.9. The molecule has 0 aliphatic heterocycles. The van der Waals surface area contributed by atoms with Gasteiger partial charge in [0.05, 0.1) is 11.7 Å². The molecule has 0 saturated carbocycles. The molecule has 2 aromatic carbocycles. The second-order valence-corrected chi connectivity index (χ2v) is 11.9. The number of alkyl halides is 3. The van der Waals surface area contributed by atoms with Crippen LogP contribution in [0.3, 0.4) is 0 Å². The molecule has 0 aliphatic rings. The van der Waals surface area contributed by atoms with Crippen LogP contribution in [0.2, 0.25) is 0 Å². The van der Waals surface area contributed by atoms with Crippen molar-refractivity contribution >= 4 is 11.9 Å². The molecular formula is C36H57F5N2O6. The van der Waals surface area contributed by atoms with Crippen molar-refractivity contribution in [3.63, 3.8) is 0 Å². The van der Waals surface area contributed by atoms with E-state index in [0.717, 1.165) is 55.3 Å². The molecule has 8 nitrogen and oxygen atoms in total. The number of rotatable bonds is 13. The predicted molar refractivity (Wildman–Crippen MR) is 182 cm³/mol. The Kier molecular flexibility index (Phi) is 24.0. The van der Waals surface area contributed by atoms with Crippen LogP contribution in [-0.2, 0) is 25.2 Å². The summed E-state index contributed by atoms with van der Waals surface area (Å²) in [4.78, 5) is 23.2. The van der Waals surface area contributed by atoms with Gasteiger partial charge in [-0.2, -0.15) is 13.2 Å². The van der Waals surface area contributed by atoms with Crippen LogP contribution in [0.5, 0.6) is 11.5 Å². The van der Waals surface area contributed by atoms with E-state index in [1.165, 1.54) is 0 Å². The van der Waals surface area contributed by atoms with Crippen LogP contribution in [0.15, 0.2) is 42.5 Å². The number of hydrogen-bond acceptors (Lipinski definition) is 8. The van der Waals surface area contributed by atoms with Crippen LogP contribution in [-0.4, -0.2) is 54.5 Å². The molecule has 0 heterocycles. The maximum Gasteiger partial charge on any atom is 0.416 e. The summed E-state index contributed by atoms with van der Waals surface area (Å²) in [6, 6.07) is 5.74. The zero-order valence-electron chi connectivity index (χ0n) is 30.7. The zero-order chi connectivity index (χ0) is 38.5. The first-order valence-electron chi connectivity index (χ1n) is 16.5. The van der Waals surface area contributed by atoms with Gasteiger partial charge in [0.15, 0.2) is 11.6 Å². The molecule has 282 valence electrons. The third kappa shape index (κ3) is 20.6. The summed E-state index contributed by atoms with van der Waals surface area (Å²) in [7, 11) is 1.75. The van der Waals surface area contributed by atoms with Crippen molar-refractivity contribution in [2.45, 2.75) is 125 Å². The van der Waals surface area contributed by atoms with Crippen molar-refractivity contribution in [1.82, 2.24) is 5.32 Å². The monoisotopic (exact) mass is 708 g/mol. The van der Waals surface area contributed by atoms with Crippen molar-refractivity contribution in [3.05, 3.63) is 59.7 Å². The van der Waals surface area contributed by atoms with Crippen molar-refractivity contribution in [1.29, 1.82) is 0 Å². The number of nitrogens with two attached hydrogens (primary N) is 1. The number of nitrogens with one attached hydrogen (secondary N) is 1. The molecule has 2 aromatic rings. The van der Waals surface area contributed by atoms with Gasteiger partial charge in [-0.25, -0.2) is 8.78 Å². The molecule has 0 saturated heterocycles. The van der Waals surface area contributed by atoms with Gasteiger partial charge in [-0.15, -0.1) is 0 Å². The summed E-state index contributed by atoms with van der Waals surface area (Å²) < 4.78 is 78.6. The van der Waals surface area contributed by atoms with Crippen LogP contribution in [0.1, 0.15) is 94.1 Å². The number of benzene rings is 2. The first-order chi connectivity index (χ1) is 22.7. The number of phenols is 1. The van der Waals surface area contributed by atoms with E-state index in [0.29, 0.717) is 12.3 Å². The summed E-state index contributed by atoms with van der Waals surface area (Å²) in [5, 5.41) is 11.5. The Morgan fingerprint density at radius 2 is 1.45 bits per heavy atom. The van der Waals surface area contributed by atoms with E-state index in [2.05, 4.69) is 19.2 Å². The highest BCUT2D eigenvalue weighted by atomic mass is 19.4. The van der Waals surface area contributed by atoms with Gasteiger partial charge in [-0.1, -0.05) is 54.9 Å². The van der Waals surface area contributed by atoms with E-state index in [9.17, 15) is 31.5 Å². The SMILES string of the molecule is CC.CCC[C@H](N)C(=O)OC(C)C(Oc1cc(F)ccc1F)C(C)C.CN[C@@H](C)C(=O)OC(C)CC(C)C.Oc1ccc(C(F)(F)F)cc1. The Morgan fingerprint density at radius 1 is 0.898 bits per heavy atom. The lowest BCUT2D eigenvalue weighted by molar-refractivity contribution is -0.156. The van der Waals surface area contributed by atoms with E-state index >= 15 is 0 Å². The molecule has 2 rings (SSSR count). The Balaban J connectivity index is 0. The fourth-order valence-corrected chi connectivity index (χ4v) is 4.04. The van der Waals surface area contributed by atoms with Gasteiger partial charge in [-0.3, -0.25) is 9.59 Å². The summed E-state index contributed by atoms with van der Waals surface area (Å²) >= 11 is 0. The number of ether oxygens (including phenoxy) is 3. The summed E-state index contributed by atoms with van der Waals surface area (Å²) in [6.07, 6.45) is -3.36. The standard InChI is InChI=1S/C17H25F2NO3.C10H21NO2.C7H5F3O.C2H6/c1-5-6-14(20)17(21)22-11(4)16(10(2)3)23-15-9-12(18)7-8-13(15)19;1-7(2)6-8(3)13-10(12)9(4)11-5;8-7(9,10)5-1-3-6(11)4-2-5;1-2/h7-11,14,16H,5-6,20H2,1-4H3;7-9,11H,6H2,1-5H3;1-4,11H;1-2H3/t11?,14-,16?;8?,9-;;/m00../s1. The molecule has 0 radical (unpaired) electrons. The van der Waals surface area contributed by atoms with Crippen molar-refractivity contribution in [3.8, 4) is 11.5 Å². The second-order valence-electron chi connectivity index (χ2n) is 11.9. The van der Waals surface area contributed by atoms with Gasteiger partial charge < -0.3 is 30.4 Å². The first-order valence-corrected chi connectivity index (χ1v) is 16.5. The number of carbonyl (C=O) groups is 2. The lowest BCUT2D eigenvalue weighted by atomic mass is 10.0. The fraction of sp³-hybridized carbons (Fsp3) is 0.611. The summed E-state index contributed by atoms with van der Waals surface area (Å²) in [6.45, 7) is 19.2. The Bertz CT molecular complexity index is 1200. The minimum atomic E-state index is -4.33. The number of hydrogen-bond donors (Lipinski definition) is 3. The molecular weight excluding hydrogens is 651 g/mol. The molecule has 0 bridgehead atoms. The van der Waals surface area contributed by atoms with E-state index in [1.54, 1.807) is 20.9 Å². The van der Waals surface area contributed by atoms with Gasteiger partial charge in [0.2, 0.25) is 0 Å². The van der Waals surface area contributed by atoms with Crippen molar-refractivity contribution < 1.29 is 50.9 Å². The average molecular weight is 709 g/mol. The minimum absolute atomic E-state index is 0.0169. The average Bonchev–Trinajstić information content (AvgIpc) is 3.01. The predicted octanol–water partition coefficient (Wildman–Crippen LogP) is 8.44. The zero-order valence-corrected chi connectivity index (χ0v) is 30.7. The molecule has 0 aromatic heterocycles. The number of halogens is 5. The van der Waals surface area contributed by atoms with Gasteiger partial charge in [0.1, 0.15) is 35.9 Å². The highest BCUT2D eigenvalue weighted by molar-refractivity contribution is 5.75. The highest BCUT2D eigenvalue weighted by Crippen LogP contribution is 2.30. The Labute approximate surface area is 288 Å². The molecule has 3 unspecified atom stereocenters. The number of esters is 2. The quantitative estimate of drug-likeness (QED) is 0.140. The van der Waals surface area contributed by atoms with Crippen LogP contribution in [0.4, 0.5) is 22.0 Å². The molecule has 0 spiro atoms. The van der Waals surface area contributed by atoms with Gasteiger partial charge in [0.25, 0.3) is 0 Å². The van der Waals surface area contributed by atoms with E-state index < -0.39 is 47.6 Å². The molecule has 5 atom stereocenters. The minimum Gasteiger partial charge on any atom is -0.508 e. The fourth-order valence-electron chi connectivity index (χ4n) is 4.04. The lowest BCUT2D eigenvalue weighted by Gasteiger charge is -2.29. The number of carbonyl (C=O) groups excluding carboxylic acids is 2. The smallest absolute Gasteiger partial charge is 0.416 e. The number of likely N-dealkylation sites (N-methyl/N-ethyl adjacent to an activating group) is 1. The molecule has 0 amide bonds. The van der Waals surface area contributed by atoms with Crippen molar-refractivity contribution in [2.24, 2.45) is 17.6 Å². The topological polar surface area (TPSA) is 120 Å². The third-order valence-corrected chi connectivity index (χ3v) is 6.58. The molecule has 4 N–H and O–H groups in total. The number of phenolic OH excluding ortho intramolecular Hbond substituents is 1. The Morgan fingerprint density at radius 3 is 1.90 bits per heavy atom. The van der Waals surface area contributed by atoms with Crippen LogP contribution < -0.4 is 15.8 Å². The maximum absolute atomic E-state index is 13.7. The molecule has 13 heteroatoms. The van der Waals surface area contributed by atoms with Gasteiger partial charge >= 0.3 is 18.1 Å². The van der Waals surface area contributed by atoms with Gasteiger partial charge in [0, 0.05) is 6.07 Å². The maximum atomic E-state index is 13.7. The van der Waals surface area contributed by atoms with Crippen LogP contribution in [0, 0.1) is 23.5 Å². The van der Waals surface area contributed by atoms with Crippen LogP contribution >= 0.6 is 0 Å². The van der Waals surface area contributed by atoms with E-state index in [1.807, 2.05) is 41.5 Å². The number of aromatic hydroxyl groups is 1. The Hall–Kier alpha value is -3.45. The van der Waals surface area contributed by atoms with E-state index in [-0.39, 0.29) is 35.5 Å². The lowest BCUT2D eigenvalue weighted by Crippen LogP contribution is -2.42. The molecule has 0 aliphatic carbocycles. The summed E-state index contributed by atoms with van der Waals surface area (Å²) in [5.41, 5.74) is 4.97. The molecule has 49 heavy (non-hydrogen) atoms. The second kappa shape index (κ2) is 24.6. The highest BCUT2D eigenvalue weighted by Gasteiger charge is 2.30. The third-order valence-electron chi connectivity index (χ3n) is 6.58.